The molecule has 1 aromatic heterocycles. The second kappa shape index (κ2) is 7.17. The number of hydrogen-bond acceptors (Lipinski definition) is 3. The zero-order valence-corrected chi connectivity index (χ0v) is 12.8. The second-order valence-corrected chi connectivity index (χ2v) is 5.77. The molecule has 2 rings (SSSR count). The molecule has 0 spiro atoms. The zero-order chi connectivity index (χ0) is 16.1. The van der Waals surface area contributed by atoms with E-state index in [9.17, 15) is 14.0 Å². The van der Waals surface area contributed by atoms with Gasteiger partial charge in [0.05, 0.1) is 18.4 Å². The van der Waals surface area contributed by atoms with Crippen LogP contribution in [0.25, 0.3) is 0 Å². The first-order valence-electron chi connectivity index (χ1n) is 6.77. The standard InChI is InChI=1S/C16H16FNO3S/c1-10(12-6-7-22-9-12)16(21)18-14(8-15(19)20)11-2-4-13(17)5-3-11/h2-7,9-10,14H,8H2,1H3,(H,18,21)(H,19,20)/t10-,14-/m0/s1. The maximum Gasteiger partial charge on any atom is 0.305 e. The molecule has 2 atom stereocenters. The van der Waals surface area contributed by atoms with Crippen LogP contribution in [0, 0.1) is 5.82 Å². The molecule has 0 bridgehead atoms. The highest BCUT2D eigenvalue weighted by atomic mass is 32.1. The number of nitrogens with one attached hydrogen (secondary N) is 1. The number of thiophene rings is 1. The monoisotopic (exact) mass is 321 g/mol. The topological polar surface area (TPSA) is 66.4 Å². The summed E-state index contributed by atoms with van der Waals surface area (Å²) in [7, 11) is 0. The summed E-state index contributed by atoms with van der Waals surface area (Å²) < 4.78 is 13.0. The minimum Gasteiger partial charge on any atom is -0.481 e. The van der Waals surface area contributed by atoms with E-state index in [0.717, 1.165) is 5.56 Å². The van der Waals surface area contributed by atoms with Crippen molar-refractivity contribution in [3.63, 3.8) is 0 Å². The van der Waals surface area contributed by atoms with Gasteiger partial charge in [-0.15, -0.1) is 0 Å². The van der Waals surface area contributed by atoms with Crippen LogP contribution in [0.15, 0.2) is 41.1 Å². The maximum atomic E-state index is 13.0. The van der Waals surface area contributed by atoms with Crippen LogP contribution < -0.4 is 5.32 Å². The first-order chi connectivity index (χ1) is 10.5. The molecule has 2 aromatic rings. The summed E-state index contributed by atoms with van der Waals surface area (Å²) in [6, 6.07) is 6.64. The third-order valence-electron chi connectivity index (χ3n) is 3.40. The number of benzene rings is 1. The number of amides is 1. The quantitative estimate of drug-likeness (QED) is 0.857. The summed E-state index contributed by atoms with van der Waals surface area (Å²) in [5.74, 6) is -2.06. The van der Waals surface area contributed by atoms with Crippen LogP contribution >= 0.6 is 11.3 Å². The molecule has 0 saturated heterocycles. The van der Waals surface area contributed by atoms with Gasteiger partial charge in [-0.25, -0.2) is 4.39 Å². The molecule has 4 nitrogen and oxygen atoms in total. The molecular formula is C16H16FNO3S. The number of hydrogen-bond donors (Lipinski definition) is 2. The van der Waals surface area contributed by atoms with Crippen LogP contribution in [0.4, 0.5) is 4.39 Å². The number of rotatable bonds is 6. The van der Waals surface area contributed by atoms with E-state index in [4.69, 9.17) is 5.11 Å². The Bertz CT molecular complexity index is 640. The van der Waals surface area contributed by atoms with Crippen molar-refractivity contribution >= 4 is 23.2 Å². The average Bonchev–Trinajstić information content (AvgIpc) is 3.00. The van der Waals surface area contributed by atoms with E-state index in [1.807, 2.05) is 16.8 Å². The molecule has 0 unspecified atom stereocenters. The number of carboxylic acid groups (broad SMARTS) is 1. The Balaban J connectivity index is 2.14. The second-order valence-electron chi connectivity index (χ2n) is 4.99. The highest BCUT2D eigenvalue weighted by Gasteiger charge is 2.22. The van der Waals surface area contributed by atoms with Gasteiger partial charge in [-0.3, -0.25) is 9.59 Å². The minimum absolute atomic E-state index is 0.256. The molecule has 0 aliphatic heterocycles. The van der Waals surface area contributed by atoms with Gasteiger partial charge < -0.3 is 10.4 Å². The summed E-state index contributed by atoms with van der Waals surface area (Å²) in [6.07, 6.45) is -0.256. The molecule has 1 aromatic carbocycles. The van der Waals surface area contributed by atoms with Crippen LogP contribution in [0.3, 0.4) is 0 Å². The van der Waals surface area contributed by atoms with Gasteiger partial charge in [0.25, 0.3) is 0 Å². The number of aliphatic carboxylic acids is 1. The van der Waals surface area contributed by atoms with Crippen LogP contribution in [-0.2, 0) is 9.59 Å². The van der Waals surface area contributed by atoms with Crippen molar-refractivity contribution in [2.45, 2.75) is 25.3 Å². The first kappa shape index (κ1) is 16.2. The molecule has 0 fully saturated rings. The Kier molecular flexibility index (Phi) is 5.27. The van der Waals surface area contributed by atoms with Crippen molar-refractivity contribution in [1.29, 1.82) is 0 Å². The van der Waals surface area contributed by atoms with Crippen molar-refractivity contribution in [3.05, 3.63) is 58.0 Å². The molecule has 1 amide bonds. The lowest BCUT2D eigenvalue weighted by molar-refractivity contribution is -0.137. The fraction of sp³-hybridized carbons (Fsp3) is 0.250. The molecule has 0 saturated carbocycles. The van der Waals surface area contributed by atoms with Crippen molar-refractivity contribution in [1.82, 2.24) is 5.32 Å². The summed E-state index contributed by atoms with van der Waals surface area (Å²) in [6.45, 7) is 1.76. The van der Waals surface area contributed by atoms with Crippen molar-refractivity contribution in [3.8, 4) is 0 Å². The summed E-state index contributed by atoms with van der Waals surface area (Å²) >= 11 is 1.50. The highest BCUT2D eigenvalue weighted by molar-refractivity contribution is 7.08. The highest BCUT2D eigenvalue weighted by Crippen LogP contribution is 2.22. The van der Waals surface area contributed by atoms with Gasteiger partial charge in [0.1, 0.15) is 5.82 Å². The Morgan fingerprint density at radius 3 is 2.45 bits per heavy atom. The number of carbonyl (C=O) groups excluding carboxylic acids is 1. The van der Waals surface area contributed by atoms with E-state index in [-0.39, 0.29) is 18.2 Å². The summed E-state index contributed by atoms with van der Waals surface area (Å²) in [5.41, 5.74) is 1.45. The van der Waals surface area contributed by atoms with Crippen LogP contribution in [0.2, 0.25) is 0 Å². The van der Waals surface area contributed by atoms with E-state index in [1.54, 1.807) is 6.92 Å². The fourth-order valence-electron chi connectivity index (χ4n) is 2.09. The molecular weight excluding hydrogens is 305 g/mol. The Hall–Kier alpha value is -2.21. The van der Waals surface area contributed by atoms with E-state index < -0.39 is 17.8 Å². The molecule has 0 aliphatic rings. The Morgan fingerprint density at radius 2 is 1.91 bits per heavy atom. The van der Waals surface area contributed by atoms with Crippen LogP contribution in [0.5, 0.6) is 0 Å². The van der Waals surface area contributed by atoms with Gasteiger partial charge in [0.2, 0.25) is 5.91 Å². The average molecular weight is 321 g/mol. The Morgan fingerprint density at radius 1 is 1.23 bits per heavy atom. The third kappa shape index (κ3) is 4.14. The predicted molar refractivity (Wildman–Crippen MR) is 82.3 cm³/mol. The van der Waals surface area contributed by atoms with E-state index in [1.165, 1.54) is 35.6 Å². The minimum atomic E-state index is -1.03. The summed E-state index contributed by atoms with van der Waals surface area (Å²) in [5, 5.41) is 15.5. The normalized spacial score (nSPS) is 13.4. The lowest BCUT2D eigenvalue weighted by Crippen LogP contribution is -2.33. The smallest absolute Gasteiger partial charge is 0.305 e. The SMILES string of the molecule is C[C@H](C(=O)N[C@@H](CC(=O)O)c1ccc(F)cc1)c1ccsc1. The first-order valence-corrected chi connectivity index (χ1v) is 7.71. The van der Waals surface area contributed by atoms with Gasteiger partial charge >= 0.3 is 5.97 Å². The molecule has 2 N–H and O–H groups in total. The summed E-state index contributed by atoms with van der Waals surface area (Å²) in [4.78, 5) is 23.3. The van der Waals surface area contributed by atoms with Crippen molar-refractivity contribution in [2.24, 2.45) is 0 Å². The van der Waals surface area contributed by atoms with Crippen LogP contribution in [-0.4, -0.2) is 17.0 Å². The van der Waals surface area contributed by atoms with E-state index in [0.29, 0.717) is 5.56 Å². The largest absolute Gasteiger partial charge is 0.481 e. The van der Waals surface area contributed by atoms with Gasteiger partial charge in [-0.05, 0) is 47.0 Å². The van der Waals surface area contributed by atoms with E-state index in [2.05, 4.69) is 5.32 Å². The molecule has 1 heterocycles. The van der Waals surface area contributed by atoms with E-state index >= 15 is 0 Å². The molecule has 0 radical (unpaired) electrons. The van der Waals surface area contributed by atoms with Gasteiger partial charge in [-0.2, -0.15) is 11.3 Å². The molecule has 0 aliphatic carbocycles. The number of halogens is 1. The lowest BCUT2D eigenvalue weighted by Gasteiger charge is -2.20. The Labute approximate surface area is 131 Å². The molecule has 22 heavy (non-hydrogen) atoms. The fourth-order valence-corrected chi connectivity index (χ4v) is 2.85. The van der Waals surface area contributed by atoms with Crippen LogP contribution in [0.1, 0.15) is 36.4 Å². The molecule has 6 heteroatoms. The number of carbonyl (C=O) groups is 2. The third-order valence-corrected chi connectivity index (χ3v) is 4.11. The maximum absolute atomic E-state index is 13.0. The van der Waals surface area contributed by atoms with Crippen molar-refractivity contribution < 1.29 is 19.1 Å². The predicted octanol–water partition coefficient (Wildman–Crippen LogP) is 3.32. The van der Waals surface area contributed by atoms with Gasteiger partial charge in [0.15, 0.2) is 0 Å². The zero-order valence-electron chi connectivity index (χ0n) is 12.0. The van der Waals surface area contributed by atoms with Crippen molar-refractivity contribution in [2.75, 3.05) is 0 Å². The number of carboxylic acids is 1. The lowest BCUT2D eigenvalue weighted by atomic mass is 10.00. The molecule has 116 valence electrons. The van der Waals surface area contributed by atoms with Gasteiger partial charge in [-0.1, -0.05) is 12.1 Å². The van der Waals surface area contributed by atoms with Gasteiger partial charge in [0, 0.05) is 0 Å².